The molecule has 10 nitrogen and oxygen atoms in total. The van der Waals surface area contributed by atoms with Crippen LogP contribution in [0.1, 0.15) is 31.2 Å². The Balaban J connectivity index is 1.52. The van der Waals surface area contributed by atoms with Crippen molar-refractivity contribution in [1.82, 2.24) is 10.3 Å². The minimum Gasteiger partial charge on any atom is -0.450 e. The van der Waals surface area contributed by atoms with Gasteiger partial charge >= 0.3 is 5.69 Å². The lowest BCUT2D eigenvalue weighted by Crippen LogP contribution is -2.48. The van der Waals surface area contributed by atoms with Crippen LogP contribution in [-0.4, -0.2) is 34.3 Å². The lowest BCUT2D eigenvalue weighted by atomic mass is 9.81. The van der Waals surface area contributed by atoms with E-state index < -0.39 is 11.0 Å². The van der Waals surface area contributed by atoms with Crippen molar-refractivity contribution < 1.29 is 19.2 Å². The van der Waals surface area contributed by atoms with E-state index in [2.05, 4.69) is 15.6 Å². The zero-order chi connectivity index (χ0) is 27.8. The number of nitrogens with one attached hydrogen (secondary N) is 2. The van der Waals surface area contributed by atoms with E-state index in [1.165, 1.54) is 12.1 Å². The van der Waals surface area contributed by atoms with Crippen LogP contribution in [0.2, 0.25) is 5.02 Å². The molecule has 4 N–H and O–H groups in total. The van der Waals surface area contributed by atoms with Crippen molar-refractivity contribution in [3.63, 3.8) is 0 Å². The molecule has 1 fully saturated rings. The highest BCUT2D eigenvalue weighted by Gasteiger charge is 2.29. The number of nitro groups is 1. The fraction of sp³-hybridized carbons (Fsp3) is 0.321. The summed E-state index contributed by atoms with van der Waals surface area (Å²) in [5.41, 5.74) is 6.70. The van der Waals surface area contributed by atoms with Crippen LogP contribution < -0.4 is 21.1 Å². The number of nitrogens with zero attached hydrogens (tertiary/aromatic N) is 2. The molecule has 2 aromatic carbocycles. The molecule has 0 aliphatic heterocycles. The van der Waals surface area contributed by atoms with Gasteiger partial charge in [0.2, 0.25) is 17.6 Å². The maximum atomic E-state index is 13.3. The monoisotopic (exact) mass is 551 g/mol. The molecule has 11 heteroatoms. The third-order valence-electron chi connectivity index (χ3n) is 6.83. The number of para-hydroxylation sites is 1. The largest absolute Gasteiger partial charge is 0.450 e. The number of aromatic nitrogens is 1. The lowest BCUT2D eigenvalue weighted by Gasteiger charge is -2.28. The summed E-state index contributed by atoms with van der Waals surface area (Å²) in [5.74, 6) is 0.0416. The molecule has 1 atom stereocenters. The number of halogens is 1. The summed E-state index contributed by atoms with van der Waals surface area (Å²) in [7, 11) is 0. The predicted molar refractivity (Wildman–Crippen MR) is 148 cm³/mol. The highest BCUT2D eigenvalue weighted by molar-refractivity contribution is 6.33. The molecule has 1 saturated carbocycles. The first kappa shape index (κ1) is 28.0. The average molecular weight is 552 g/mol. The molecule has 4 rings (SSSR count). The molecule has 0 spiro atoms. The Kier molecular flexibility index (Phi) is 9.45. The Labute approximate surface area is 231 Å². The summed E-state index contributed by atoms with van der Waals surface area (Å²) in [6.07, 6.45) is 6.54. The zero-order valence-electron chi connectivity index (χ0n) is 21.2. The highest BCUT2D eigenvalue weighted by Crippen LogP contribution is 2.37. The highest BCUT2D eigenvalue weighted by atomic mass is 35.5. The fourth-order valence-electron chi connectivity index (χ4n) is 4.68. The van der Waals surface area contributed by atoms with Gasteiger partial charge in [-0.25, -0.2) is 0 Å². The van der Waals surface area contributed by atoms with Crippen LogP contribution in [0.25, 0.3) is 0 Å². The minimum absolute atomic E-state index is 0.00184. The third kappa shape index (κ3) is 7.52. The van der Waals surface area contributed by atoms with Crippen LogP contribution in [0.3, 0.4) is 0 Å². The van der Waals surface area contributed by atoms with Gasteiger partial charge in [-0.15, -0.1) is 0 Å². The Morgan fingerprint density at radius 1 is 1.10 bits per heavy atom. The predicted octanol–water partition coefficient (Wildman–Crippen LogP) is 4.87. The molecule has 1 heterocycles. The van der Waals surface area contributed by atoms with Gasteiger partial charge in [0, 0.05) is 30.4 Å². The number of benzene rings is 2. The molecule has 0 radical (unpaired) electrons. The van der Waals surface area contributed by atoms with Crippen molar-refractivity contribution in [2.24, 2.45) is 17.6 Å². The standard InChI is InChI=1S/C28H30ClN5O5/c29-23-5-2-6-25(26(23)34(37)38)39-22-4-1-3-19(15-22)16-24(28(36)32-21-11-13-31-14-12-21)33-27(35)20-9-7-18(17-30)8-10-20/h1-6,11-15,18,20,24H,7-10,16-17,30H2,(H,33,35)(H,31,32,36). The summed E-state index contributed by atoms with van der Waals surface area (Å²) in [4.78, 5) is 41.3. The maximum absolute atomic E-state index is 13.3. The first-order chi connectivity index (χ1) is 18.8. The van der Waals surface area contributed by atoms with E-state index in [1.54, 1.807) is 54.9 Å². The van der Waals surface area contributed by atoms with Gasteiger partial charge in [-0.05, 0) is 80.1 Å². The number of pyridine rings is 1. The second-order valence-electron chi connectivity index (χ2n) is 9.54. The number of carbonyl (C=O) groups is 2. The number of ether oxygens (including phenoxy) is 1. The van der Waals surface area contributed by atoms with Crippen LogP contribution in [0.5, 0.6) is 11.5 Å². The van der Waals surface area contributed by atoms with E-state index in [4.69, 9.17) is 22.1 Å². The normalized spacial score (nSPS) is 17.6. The van der Waals surface area contributed by atoms with Gasteiger partial charge in [-0.2, -0.15) is 0 Å². The Morgan fingerprint density at radius 3 is 2.51 bits per heavy atom. The van der Waals surface area contributed by atoms with Crippen molar-refractivity contribution in [1.29, 1.82) is 0 Å². The van der Waals surface area contributed by atoms with Crippen molar-refractivity contribution in [2.75, 3.05) is 11.9 Å². The molecule has 1 aliphatic carbocycles. The number of carbonyl (C=O) groups excluding carboxylic acids is 2. The van der Waals surface area contributed by atoms with Gasteiger partial charge in [0.15, 0.2) is 0 Å². The summed E-state index contributed by atoms with van der Waals surface area (Å²) < 4.78 is 5.80. The second kappa shape index (κ2) is 13.2. The van der Waals surface area contributed by atoms with Crippen molar-refractivity contribution in [3.05, 3.63) is 87.7 Å². The molecule has 39 heavy (non-hydrogen) atoms. The van der Waals surface area contributed by atoms with Gasteiger partial charge in [0.05, 0.1) is 4.92 Å². The van der Waals surface area contributed by atoms with E-state index in [0.717, 1.165) is 25.7 Å². The third-order valence-corrected chi connectivity index (χ3v) is 7.14. The second-order valence-corrected chi connectivity index (χ2v) is 9.94. The van der Waals surface area contributed by atoms with Gasteiger partial charge < -0.3 is 21.1 Å². The average Bonchev–Trinajstić information content (AvgIpc) is 2.93. The Morgan fingerprint density at radius 2 is 1.82 bits per heavy atom. The first-order valence-electron chi connectivity index (χ1n) is 12.7. The van der Waals surface area contributed by atoms with Gasteiger partial charge in [-0.1, -0.05) is 29.8 Å². The number of nitrogens with two attached hydrogens (primary N) is 1. The van der Waals surface area contributed by atoms with Crippen LogP contribution in [0, 0.1) is 22.0 Å². The summed E-state index contributed by atoms with van der Waals surface area (Å²) >= 11 is 6.00. The van der Waals surface area contributed by atoms with E-state index in [9.17, 15) is 19.7 Å². The Bertz CT molecular complexity index is 1310. The molecule has 1 aromatic heterocycles. The molecule has 0 bridgehead atoms. The quantitative estimate of drug-likeness (QED) is 0.240. The minimum atomic E-state index is -0.867. The van der Waals surface area contributed by atoms with Crippen LogP contribution in [0.4, 0.5) is 11.4 Å². The number of anilines is 1. The molecular formula is C28H30ClN5O5. The van der Waals surface area contributed by atoms with Gasteiger partial charge in [-0.3, -0.25) is 24.7 Å². The Hall–Kier alpha value is -4.02. The van der Waals surface area contributed by atoms with E-state index >= 15 is 0 Å². The van der Waals surface area contributed by atoms with E-state index in [1.807, 2.05) is 0 Å². The molecule has 204 valence electrons. The number of rotatable bonds is 10. The fourth-order valence-corrected chi connectivity index (χ4v) is 4.91. The SMILES string of the molecule is NCC1CCC(C(=O)NC(Cc2cccc(Oc3cccc(Cl)c3[N+](=O)[O-])c2)C(=O)Nc2ccncc2)CC1. The maximum Gasteiger partial charge on any atom is 0.329 e. The zero-order valence-corrected chi connectivity index (χ0v) is 22.0. The summed E-state index contributed by atoms with van der Waals surface area (Å²) in [5, 5.41) is 17.2. The lowest BCUT2D eigenvalue weighted by molar-refractivity contribution is -0.385. The van der Waals surface area contributed by atoms with Crippen LogP contribution >= 0.6 is 11.6 Å². The van der Waals surface area contributed by atoms with Crippen LogP contribution in [-0.2, 0) is 16.0 Å². The molecular weight excluding hydrogens is 522 g/mol. The number of nitro benzene ring substituents is 1. The molecule has 0 saturated heterocycles. The number of amides is 2. The smallest absolute Gasteiger partial charge is 0.329 e. The summed E-state index contributed by atoms with van der Waals surface area (Å²) in [6, 6.07) is 13.7. The summed E-state index contributed by atoms with van der Waals surface area (Å²) in [6.45, 7) is 0.613. The first-order valence-corrected chi connectivity index (χ1v) is 13.1. The number of hydrogen-bond acceptors (Lipinski definition) is 7. The molecule has 1 aliphatic rings. The molecule has 1 unspecified atom stereocenters. The van der Waals surface area contributed by atoms with E-state index in [-0.39, 0.29) is 40.6 Å². The van der Waals surface area contributed by atoms with Crippen LogP contribution in [0.15, 0.2) is 67.0 Å². The van der Waals surface area contributed by atoms with E-state index in [0.29, 0.717) is 29.5 Å². The molecule has 2 amide bonds. The van der Waals surface area contributed by atoms with Crippen molar-refractivity contribution in [2.45, 2.75) is 38.1 Å². The van der Waals surface area contributed by atoms with Gasteiger partial charge in [0.1, 0.15) is 16.8 Å². The number of hydrogen-bond donors (Lipinski definition) is 3. The molecule has 3 aromatic rings. The van der Waals surface area contributed by atoms with Crippen molar-refractivity contribution >= 4 is 34.8 Å². The topological polar surface area (TPSA) is 149 Å². The van der Waals surface area contributed by atoms with Crippen molar-refractivity contribution in [3.8, 4) is 11.5 Å². The van der Waals surface area contributed by atoms with Gasteiger partial charge in [0.25, 0.3) is 0 Å².